The van der Waals surface area contributed by atoms with E-state index in [1.165, 1.54) is 11.2 Å². The van der Waals surface area contributed by atoms with E-state index < -0.39 is 5.50 Å². The molecule has 1 amide bonds. The van der Waals surface area contributed by atoms with Crippen LogP contribution in [0.1, 0.15) is 0 Å². The minimum absolute atomic E-state index is 0.144. The van der Waals surface area contributed by atoms with Crippen molar-refractivity contribution in [2.45, 2.75) is 5.50 Å². The van der Waals surface area contributed by atoms with Crippen LogP contribution in [0.3, 0.4) is 0 Å². The third-order valence-corrected chi connectivity index (χ3v) is 1.65. The second-order valence-electron chi connectivity index (χ2n) is 2.08. The van der Waals surface area contributed by atoms with Crippen LogP contribution < -0.4 is 16.9 Å². The van der Waals surface area contributed by atoms with Crippen LogP contribution in [0.5, 0.6) is 0 Å². The average molecular weight is 190 g/mol. The first-order chi connectivity index (χ1) is 5.65. The molecule has 6 nitrogen and oxygen atoms in total. The van der Waals surface area contributed by atoms with Gasteiger partial charge in [-0.3, -0.25) is 15.2 Å². The Morgan fingerprint density at radius 2 is 2.42 bits per heavy atom. The van der Waals surface area contributed by atoms with E-state index in [0.717, 1.165) is 0 Å². The Morgan fingerprint density at radius 3 is 3.00 bits per heavy atom. The Kier molecular flexibility index (Phi) is 2.39. The van der Waals surface area contributed by atoms with Gasteiger partial charge in [0.15, 0.2) is 5.50 Å². The minimum atomic E-state index is -0.692. The number of nitrogens with two attached hydrogens (primary N) is 2. The van der Waals surface area contributed by atoms with Gasteiger partial charge in [0, 0.05) is 0 Å². The Labute approximate surface area is 73.8 Å². The van der Waals surface area contributed by atoms with Crippen molar-refractivity contribution in [3.8, 4) is 0 Å². The smallest absolute Gasteiger partial charge is 0.225 e. The van der Waals surface area contributed by atoms with Gasteiger partial charge in [-0.2, -0.15) is 0 Å². The number of halogens is 1. The highest BCUT2D eigenvalue weighted by atomic mass is 35.5. The first kappa shape index (κ1) is 8.66. The zero-order valence-corrected chi connectivity index (χ0v) is 6.82. The summed E-state index contributed by atoms with van der Waals surface area (Å²) in [6, 6.07) is 0. The molecule has 7 heteroatoms. The van der Waals surface area contributed by atoms with Crippen LogP contribution in [-0.4, -0.2) is 22.8 Å². The number of nitrogens with zero attached hydrogens (tertiary/aromatic N) is 2. The van der Waals surface area contributed by atoms with Gasteiger partial charge in [-0.1, -0.05) is 11.6 Å². The van der Waals surface area contributed by atoms with Gasteiger partial charge < -0.3 is 11.5 Å². The highest BCUT2D eigenvalue weighted by Crippen LogP contribution is 2.09. The van der Waals surface area contributed by atoms with Crippen molar-refractivity contribution >= 4 is 23.8 Å². The van der Waals surface area contributed by atoms with Crippen molar-refractivity contribution in [3.63, 3.8) is 0 Å². The van der Waals surface area contributed by atoms with Crippen LogP contribution in [0.4, 0.5) is 0 Å². The standard InChI is InChI=1S/C5H8ClN5O/c6-4-5(8)10-3(7)1-11(4)9-2-12/h1-2,4H,7H2,(H2,8,10)(H,9,12)/t4-/m0/s1. The van der Waals surface area contributed by atoms with Crippen LogP contribution >= 0.6 is 11.6 Å². The van der Waals surface area contributed by atoms with Gasteiger partial charge in [-0.15, -0.1) is 0 Å². The van der Waals surface area contributed by atoms with Crippen LogP contribution in [0.2, 0.25) is 0 Å². The minimum Gasteiger partial charge on any atom is -0.384 e. The Hall–Kier alpha value is -1.43. The molecule has 1 heterocycles. The lowest BCUT2D eigenvalue weighted by molar-refractivity contribution is -0.112. The molecule has 0 aromatic rings. The number of hydrazine groups is 1. The number of carbonyl (C=O) groups is 1. The normalized spacial score (nSPS) is 22.8. The van der Waals surface area contributed by atoms with E-state index in [0.29, 0.717) is 6.41 Å². The molecular formula is C5H8ClN5O. The van der Waals surface area contributed by atoms with Gasteiger partial charge >= 0.3 is 0 Å². The van der Waals surface area contributed by atoms with Crippen molar-refractivity contribution < 1.29 is 4.79 Å². The quantitative estimate of drug-likeness (QED) is 0.284. The Balaban J connectivity index is 2.78. The number of carbonyl (C=O) groups excluding carboxylic acids is 1. The molecule has 0 unspecified atom stereocenters. The topological polar surface area (TPSA) is 96.7 Å². The van der Waals surface area contributed by atoms with Crippen LogP contribution in [0.15, 0.2) is 17.0 Å². The maximum absolute atomic E-state index is 10.1. The van der Waals surface area contributed by atoms with E-state index in [2.05, 4.69) is 10.4 Å². The summed E-state index contributed by atoms with van der Waals surface area (Å²) in [5, 5.41) is 1.26. The van der Waals surface area contributed by atoms with Crippen molar-refractivity contribution in [3.05, 3.63) is 12.0 Å². The monoisotopic (exact) mass is 189 g/mol. The predicted molar refractivity (Wildman–Crippen MR) is 44.6 cm³/mol. The number of amidine groups is 1. The molecule has 0 aromatic carbocycles. The molecule has 1 atom stereocenters. The maximum Gasteiger partial charge on any atom is 0.225 e. The molecule has 66 valence electrons. The summed E-state index contributed by atoms with van der Waals surface area (Å²) >= 11 is 5.73. The van der Waals surface area contributed by atoms with Gasteiger partial charge in [0.25, 0.3) is 0 Å². The molecule has 1 aliphatic heterocycles. The number of amides is 1. The van der Waals surface area contributed by atoms with E-state index in [-0.39, 0.29) is 11.7 Å². The zero-order valence-electron chi connectivity index (χ0n) is 6.07. The molecule has 0 bridgehead atoms. The number of aliphatic imine (C=N–C) groups is 1. The zero-order chi connectivity index (χ0) is 9.14. The first-order valence-corrected chi connectivity index (χ1v) is 3.52. The lowest BCUT2D eigenvalue weighted by Gasteiger charge is -2.26. The highest BCUT2D eigenvalue weighted by Gasteiger charge is 2.20. The molecule has 0 saturated carbocycles. The van der Waals surface area contributed by atoms with Gasteiger partial charge in [0.1, 0.15) is 11.7 Å². The third kappa shape index (κ3) is 1.59. The fraction of sp³-hybridized carbons (Fsp3) is 0.200. The molecule has 0 radical (unpaired) electrons. The third-order valence-electron chi connectivity index (χ3n) is 1.22. The summed E-state index contributed by atoms with van der Waals surface area (Å²) in [4.78, 5) is 13.8. The first-order valence-electron chi connectivity index (χ1n) is 3.08. The number of alkyl halides is 1. The van der Waals surface area contributed by atoms with Gasteiger partial charge in [-0.25, -0.2) is 4.99 Å². The molecule has 0 fully saturated rings. The average Bonchev–Trinajstić information content (AvgIpc) is 2.00. The van der Waals surface area contributed by atoms with E-state index in [1.807, 2.05) is 0 Å². The van der Waals surface area contributed by atoms with Gasteiger partial charge in [-0.05, 0) is 0 Å². The van der Waals surface area contributed by atoms with E-state index >= 15 is 0 Å². The molecule has 0 aliphatic carbocycles. The number of nitrogens with one attached hydrogen (secondary N) is 1. The molecule has 12 heavy (non-hydrogen) atoms. The SMILES string of the molecule is NC1=CN(NC=O)[C@H](Cl)C(N)=N1. The van der Waals surface area contributed by atoms with E-state index in [1.54, 1.807) is 0 Å². The summed E-state index contributed by atoms with van der Waals surface area (Å²) < 4.78 is 0. The molecule has 5 N–H and O–H groups in total. The molecule has 1 rings (SSSR count). The lowest BCUT2D eigenvalue weighted by atomic mass is 10.5. The summed E-state index contributed by atoms with van der Waals surface area (Å²) in [5.74, 6) is 0.338. The van der Waals surface area contributed by atoms with E-state index in [4.69, 9.17) is 23.1 Å². The molecular weight excluding hydrogens is 182 g/mol. The number of hydrogen-bond donors (Lipinski definition) is 3. The molecule has 0 aromatic heterocycles. The largest absolute Gasteiger partial charge is 0.384 e. The highest BCUT2D eigenvalue weighted by molar-refractivity contribution is 6.31. The molecule has 1 aliphatic rings. The fourth-order valence-electron chi connectivity index (χ4n) is 0.745. The summed E-state index contributed by atoms with van der Waals surface area (Å²) in [7, 11) is 0. The predicted octanol–water partition coefficient (Wildman–Crippen LogP) is -1.36. The van der Waals surface area contributed by atoms with Crippen LogP contribution in [0, 0.1) is 0 Å². The summed E-state index contributed by atoms with van der Waals surface area (Å²) in [5.41, 5.74) is 12.3. The molecule has 0 saturated heterocycles. The summed E-state index contributed by atoms with van der Waals surface area (Å²) in [6.45, 7) is 0. The van der Waals surface area contributed by atoms with Gasteiger partial charge in [0.05, 0.1) is 6.20 Å². The van der Waals surface area contributed by atoms with Gasteiger partial charge in [0.2, 0.25) is 6.41 Å². The lowest BCUT2D eigenvalue weighted by Crippen LogP contribution is -2.47. The number of rotatable bonds is 2. The van der Waals surface area contributed by atoms with Crippen molar-refractivity contribution in [1.29, 1.82) is 0 Å². The summed E-state index contributed by atoms with van der Waals surface area (Å²) in [6.07, 6.45) is 1.85. The Morgan fingerprint density at radius 1 is 1.75 bits per heavy atom. The second-order valence-corrected chi connectivity index (χ2v) is 2.49. The van der Waals surface area contributed by atoms with Crippen molar-refractivity contribution in [1.82, 2.24) is 10.4 Å². The fourth-order valence-corrected chi connectivity index (χ4v) is 0.907. The van der Waals surface area contributed by atoms with Crippen LogP contribution in [-0.2, 0) is 4.79 Å². The van der Waals surface area contributed by atoms with E-state index in [9.17, 15) is 4.79 Å². The van der Waals surface area contributed by atoms with Crippen LogP contribution in [0.25, 0.3) is 0 Å². The second kappa shape index (κ2) is 3.31. The Bertz CT molecular complexity index is 250. The van der Waals surface area contributed by atoms with Crippen molar-refractivity contribution in [2.24, 2.45) is 16.5 Å². The maximum atomic E-state index is 10.1. The van der Waals surface area contributed by atoms with Crippen molar-refractivity contribution in [2.75, 3.05) is 0 Å². The molecule has 0 spiro atoms. The number of hydrogen-bond acceptors (Lipinski definition) is 5.